The average Bonchev–Trinajstić information content (AvgIpc) is 2.78. The highest BCUT2D eigenvalue weighted by molar-refractivity contribution is 9.10. The van der Waals surface area contributed by atoms with E-state index in [1.807, 2.05) is 13.8 Å². The highest BCUT2D eigenvalue weighted by Gasteiger charge is 2.23. The molecule has 0 saturated carbocycles. The van der Waals surface area contributed by atoms with Crippen molar-refractivity contribution in [2.75, 3.05) is 6.54 Å². The molecule has 1 heterocycles. The molecule has 1 aromatic heterocycles. The van der Waals surface area contributed by atoms with Gasteiger partial charge < -0.3 is 5.32 Å². The molecule has 0 saturated heterocycles. The van der Waals surface area contributed by atoms with E-state index < -0.39 is 11.6 Å². The maximum atomic E-state index is 14.1. The molecule has 2 aromatic rings. The molecule has 1 N–H and O–H groups in total. The van der Waals surface area contributed by atoms with E-state index in [4.69, 9.17) is 0 Å². The number of aryl methyl sites for hydroxylation is 1. The van der Waals surface area contributed by atoms with E-state index in [1.165, 1.54) is 12.1 Å². The van der Waals surface area contributed by atoms with Gasteiger partial charge in [-0.15, -0.1) is 0 Å². The highest BCUT2D eigenvalue weighted by atomic mass is 79.9. The first kappa shape index (κ1) is 15.1. The van der Waals surface area contributed by atoms with Gasteiger partial charge in [0.2, 0.25) is 0 Å². The lowest BCUT2D eigenvalue weighted by molar-refractivity contribution is 0.507. The van der Waals surface area contributed by atoms with Crippen LogP contribution in [-0.4, -0.2) is 16.3 Å². The summed E-state index contributed by atoms with van der Waals surface area (Å²) in [5.74, 6) is -1.14. The van der Waals surface area contributed by atoms with Gasteiger partial charge in [0.1, 0.15) is 11.6 Å². The molecule has 0 aliphatic heterocycles. The number of benzene rings is 1. The second kappa shape index (κ2) is 6.45. The molecule has 3 nitrogen and oxygen atoms in total. The van der Waals surface area contributed by atoms with Gasteiger partial charge >= 0.3 is 0 Å². The second-order valence-electron chi connectivity index (χ2n) is 4.35. The van der Waals surface area contributed by atoms with E-state index in [0.717, 1.165) is 16.2 Å². The second-order valence-corrected chi connectivity index (χ2v) is 5.20. The van der Waals surface area contributed by atoms with Crippen molar-refractivity contribution in [2.24, 2.45) is 0 Å². The summed E-state index contributed by atoms with van der Waals surface area (Å²) in [6.07, 6.45) is 1.69. The van der Waals surface area contributed by atoms with Crippen LogP contribution in [0.3, 0.4) is 0 Å². The predicted molar refractivity (Wildman–Crippen MR) is 77.5 cm³/mol. The fourth-order valence-corrected chi connectivity index (χ4v) is 2.73. The van der Waals surface area contributed by atoms with Gasteiger partial charge in [0.25, 0.3) is 0 Å². The SMILES string of the molecule is CCNC(c1ccc(F)cc1F)c1c(Br)cnn1CC. The molecule has 0 spiro atoms. The number of hydrogen-bond donors (Lipinski definition) is 1. The Labute approximate surface area is 125 Å². The molecule has 20 heavy (non-hydrogen) atoms. The van der Waals surface area contributed by atoms with Crippen LogP contribution >= 0.6 is 15.9 Å². The van der Waals surface area contributed by atoms with E-state index in [1.54, 1.807) is 10.9 Å². The fourth-order valence-electron chi connectivity index (χ4n) is 2.20. The lowest BCUT2D eigenvalue weighted by Crippen LogP contribution is -2.26. The van der Waals surface area contributed by atoms with Gasteiger partial charge in [-0.2, -0.15) is 5.10 Å². The van der Waals surface area contributed by atoms with Gasteiger partial charge in [-0.25, -0.2) is 8.78 Å². The van der Waals surface area contributed by atoms with E-state index in [9.17, 15) is 8.78 Å². The standard InChI is InChI=1S/C14H16BrF2N3/c1-3-18-13(10-6-5-9(16)7-12(10)17)14-11(15)8-19-20(14)4-2/h5-8,13,18H,3-4H2,1-2H3. The Morgan fingerprint density at radius 2 is 2.10 bits per heavy atom. The van der Waals surface area contributed by atoms with Gasteiger partial charge in [-0.05, 0) is 35.5 Å². The van der Waals surface area contributed by atoms with Crippen molar-refractivity contribution in [3.63, 3.8) is 0 Å². The summed E-state index contributed by atoms with van der Waals surface area (Å²) in [6.45, 7) is 5.23. The van der Waals surface area contributed by atoms with Crippen LogP contribution in [0.4, 0.5) is 8.78 Å². The van der Waals surface area contributed by atoms with E-state index >= 15 is 0 Å². The number of aromatic nitrogens is 2. The minimum absolute atomic E-state index is 0.377. The first-order chi connectivity index (χ1) is 9.58. The zero-order valence-electron chi connectivity index (χ0n) is 11.3. The lowest BCUT2D eigenvalue weighted by atomic mass is 10.0. The average molecular weight is 344 g/mol. The largest absolute Gasteiger partial charge is 0.305 e. The molecule has 2 rings (SSSR count). The monoisotopic (exact) mass is 343 g/mol. The van der Waals surface area contributed by atoms with Crippen LogP contribution in [0.25, 0.3) is 0 Å². The van der Waals surface area contributed by atoms with Crippen molar-refractivity contribution in [1.29, 1.82) is 0 Å². The number of hydrogen-bond acceptors (Lipinski definition) is 2. The first-order valence-corrected chi connectivity index (χ1v) is 7.27. The van der Waals surface area contributed by atoms with Crippen LogP contribution in [0.1, 0.15) is 31.1 Å². The van der Waals surface area contributed by atoms with Gasteiger partial charge in [-0.1, -0.05) is 13.0 Å². The molecule has 1 atom stereocenters. The minimum atomic E-state index is -0.579. The summed E-state index contributed by atoms with van der Waals surface area (Å²) in [5.41, 5.74) is 1.24. The first-order valence-electron chi connectivity index (χ1n) is 6.48. The Kier molecular flexibility index (Phi) is 4.88. The molecule has 1 aromatic carbocycles. The normalized spacial score (nSPS) is 12.7. The number of halogens is 3. The summed E-state index contributed by atoms with van der Waals surface area (Å²) >= 11 is 3.45. The molecule has 108 valence electrons. The molecular weight excluding hydrogens is 328 g/mol. The molecule has 6 heteroatoms. The van der Waals surface area contributed by atoms with Crippen LogP contribution < -0.4 is 5.32 Å². The third-order valence-corrected chi connectivity index (χ3v) is 3.70. The Hall–Kier alpha value is -1.27. The minimum Gasteiger partial charge on any atom is -0.305 e. The number of nitrogens with one attached hydrogen (secondary N) is 1. The quantitative estimate of drug-likeness (QED) is 0.898. The number of rotatable bonds is 5. The molecule has 0 bridgehead atoms. The van der Waals surface area contributed by atoms with Gasteiger partial charge in [0.05, 0.1) is 22.4 Å². The molecular formula is C14H16BrF2N3. The maximum Gasteiger partial charge on any atom is 0.131 e. The maximum absolute atomic E-state index is 14.1. The zero-order valence-corrected chi connectivity index (χ0v) is 12.9. The fraction of sp³-hybridized carbons (Fsp3) is 0.357. The third-order valence-electron chi connectivity index (χ3n) is 3.09. The molecule has 0 radical (unpaired) electrons. The molecule has 0 fully saturated rings. The van der Waals surface area contributed by atoms with Crippen molar-refractivity contribution in [3.8, 4) is 0 Å². The van der Waals surface area contributed by atoms with Crippen LogP contribution in [0.2, 0.25) is 0 Å². The molecule has 1 unspecified atom stereocenters. The number of nitrogens with zero attached hydrogens (tertiary/aromatic N) is 2. The topological polar surface area (TPSA) is 29.9 Å². The molecule has 0 aliphatic rings. The van der Waals surface area contributed by atoms with Crippen LogP contribution in [0.5, 0.6) is 0 Å². The van der Waals surface area contributed by atoms with Crippen molar-refractivity contribution in [2.45, 2.75) is 26.4 Å². The summed E-state index contributed by atoms with van der Waals surface area (Å²) in [6, 6.07) is 3.26. The molecule has 0 amide bonds. The highest BCUT2D eigenvalue weighted by Crippen LogP contribution is 2.30. The lowest BCUT2D eigenvalue weighted by Gasteiger charge is -2.21. The summed E-state index contributed by atoms with van der Waals surface area (Å²) in [7, 11) is 0. The predicted octanol–water partition coefficient (Wildman–Crippen LogP) is 3.64. The van der Waals surface area contributed by atoms with E-state index in [-0.39, 0.29) is 6.04 Å². The zero-order chi connectivity index (χ0) is 14.7. The van der Waals surface area contributed by atoms with Gasteiger partial charge in [-0.3, -0.25) is 4.68 Å². The smallest absolute Gasteiger partial charge is 0.131 e. The van der Waals surface area contributed by atoms with Gasteiger partial charge in [0, 0.05) is 18.2 Å². The summed E-state index contributed by atoms with van der Waals surface area (Å²) in [4.78, 5) is 0. The Balaban J connectivity index is 2.53. The van der Waals surface area contributed by atoms with Crippen LogP contribution in [0.15, 0.2) is 28.9 Å². The summed E-state index contributed by atoms with van der Waals surface area (Å²) < 4.78 is 29.7. The van der Waals surface area contributed by atoms with Crippen molar-refractivity contribution in [1.82, 2.24) is 15.1 Å². The van der Waals surface area contributed by atoms with Crippen LogP contribution in [0, 0.1) is 11.6 Å². The van der Waals surface area contributed by atoms with Crippen molar-refractivity contribution in [3.05, 3.63) is 51.8 Å². The van der Waals surface area contributed by atoms with Crippen LogP contribution in [-0.2, 0) is 6.54 Å². The summed E-state index contributed by atoms with van der Waals surface area (Å²) in [5, 5.41) is 7.47. The van der Waals surface area contributed by atoms with E-state index in [2.05, 4.69) is 26.3 Å². The van der Waals surface area contributed by atoms with Crippen molar-refractivity contribution < 1.29 is 8.78 Å². The Morgan fingerprint density at radius 1 is 1.35 bits per heavy atom. The van der Waals surface area contributed by atoms with E-state index in [0.29, 0.717) is 18.7 Å². The van der Waals surface area contributed by atoms with Gasteiger partial charge in [0.15, 0.2) is 0 Å². The third kappa shape index (κ3) is 2.91. The van der Waals surface area contributed by atoms with Crippen molar-refractivity contribution >= 4 is 15.9 Å². The molecule has 0 aliphatic carbocycles. The Morgan fingerprint density at radius 3 is 2.70 bits per heavy atom. The Bertz CT molecular complexity index is 598.